The Hall–Kier alpha value is -4.72. The largest absolute Gasteiger partial charge is 0.495 e. The second-order valence-electron chi connectivity index (χ2n) is 9.61. The van der Waals surface area contributed by atoms with Gasteiger partial charge in [-0.25, -0.2) is 9.67 Å². The van der Waals surface area contributed by atoms with Crippen LogP contribution in [0.5, 0.6) is 5.75 Å². The van der Waals surface area contributed by atoms with Crippen molar-refractivity contribution < 1.29 is 14.3 Å². The van der Waals surface area contributed by atoms with E-state index in [9.17, 15) is 9.59 Å². The third-order valence-electron chi connectivity index (χ3n) is 7.01. The topological polar surface area (TPSA) is 97.6 Å². The number of benzene rings is 3. The maximum absolute atomic E-state index is 13.8. The van der Waals surface area contributed by atoms with Gasteiger partial charge in [0.05, 0.1) is 25.0 Å². The van der Waals surface area contributed by atoms with Crippen LogP contribution < -0.4 is 15.4 Å². The van der Waals surface area contributed by atoms with E-state index in [2.05, 4.69) is 34.8 Å². The number of amides is 2. The van der Waals surface area contributed by atoms with Crippen molar-refractivity contribution >= 4 is 34.7 Å². The van der Waals surface area contributed by atoms with E-state index in [0.717, 1.165) is 17.5 Å². The lowest BCUT2D eigenvalue weighted by Crippen LogP contribution is -2.39. The Bertz CT molecular complexity index is 1540. The van der Waals surface area contributed by atoms with Gasteiger partial charge in [0.1, 0.15) is 17.2 Å². The van der Waals surface area contributed by atoms with Crippen molar-refractivity contribution in [1.82, 2.24) is 9.78 Å². The number of aryl methyl sites for hydroxylation is 2. The number of nitrogens with one attached hydrogen (secondary N) is 2. The number of nitrogens with zero attached hydrogens (tertiary/aromatic N) is 3. The molecule has 2 N–H and O–H groups in total. The Morgan fingerprint density at radius 1 is 0.949 bits per heavy atom. The van der Waals surface area contributed by atoms with Crippen LogP contribution in [0.2, 0.25) is 0 Å². The summed E-state index contributed by atoms with van der Waals surface area (Å²) in [6.45, 7) is 5.91. The molecule has 5 rings (SSSR count). The molecule has 3 aromatic carbocycles. The highest BCUT2D eigenvalue weighted by atomic mass is 16.5. The minimum absolute atomic E-state index is 0.239. The molecule has 0 saturated carbocycles. The molecule has 1 aliphatic rings. The normalized spacial score (nSPS) is 16.2. The number of aromatic nitrogens is 2. The van der Waals surface area contributed by atoms with Crippen LogP contribution in [0.1, 0.15) is 46.9 Å². The molecule has 0 fully saturated rings. The van der Waals surface area contributed by atoms with Crippen LogP contribution in [0, 0.1) is 12.8 Å². The van der Waals surface area contributed by atoms with E-state index in [-0.39, 0.29) is 11.8 Å². The molecule has 2 atom stereocenters. The molecule has 39 heavy (non-hydrogen) atoms. The van der Waals surface area contributed by atoms with Gasteiger partial charge in [-0.15, -0.1) is 0 Å². The molecule has 0 radical (unpaired) electrons. The Balaban J connectivity index is 1.54. The molecule has 0 spiro atoms. The summed E-state index contributed by atoms with van der Waals surface area (Å²) in [5.74, 6) is -0.230. The lowest BCUT2D eigenvalue weighted by molar-refractivity contribution is -0.118. The fraction of sp³-hybridized carbons (Fsp3) is 0.226. The predicted molar refractivity (Wildman–Crippen MR) is 153 cm³/mol. The van der Waals surface area contributed by atoms with Crippen molar-refractivity contribution in [2.45, 2.75) is 33.2 Å². The van der Waals surface area contributed by atoms with Gasteiger partial charge in [0.25, 0.3) is 5.91 Å². The van der Waals surface area contributed by atoms with E-state index < -0.39 is 12.0 Å². The first-order valence-corrected chi connectivity index (χ1v) is 12.9. The summed E-state index contributed by atoms with van der Waals surface area (Å²) in [6.07, 6.45) is 2.42. The van der Waals surface area contributed by atoms with Crippen LogP contribution in [0.25, 0.3) is 0 Å². The number of carbonyl (C=O) groups excluding carboxylic acids is 2. The van der Waals surface area contributed by atoms with Crippen molar-refractivity contribution in [3.8, 4) is 5.75 Å². The average Bonchev–Trinajstić information content (AvgIpc) is 3.37. The van der Waals surface area contributed by atoms with Crippen molar-refractivity contribution in [2.24, 2.45) is 10.9 Å². The number of anilines is 2. The van der Waals surface area contributed by atoms with Gasteiger partial charge in [-0.1, -0.05) is 61.0 Å². The fourth-order valence-corrected chi connectivity index (χ4v) is 4.85. The number of fused-ring (bicyclic) bond motifs is 1. The first-order chi connectivity index (χ1) is 18.9. The maximum atomic E-state index is 13.8. The fourth-order valence-electron chi connectivity index (χ4n) is 4.85. The lowest BCUT2D eigenvalue weighted by atomic mass is 9.86. The van der Waals surface area contributed by atoms with Crippen LogP contribution in [0.4, 0.5) is 17.2 Å². The minimum Gasteiger partial charge on any atom is -0.495 e. The van der Waals surface area contributed by atoms with Crippen LogP contribution >= 0.6 is 0 Å². The van der Waals surface area contributed by atoms with Gasteiger partial charge >= 0.3 is 0 Å². The number of ether oxygens (including phenoxy) is 1. The van der Waals surface area contributed by atoms with Gasteiger partial charge in [-0.2, -0.15) is 5.10 Å². The SMILES string of the molecule is CCc1ccc(C2C(C(=O)Nc3ccccc3OC)C(C)=Nc3c(C(=O)Nc4ccc(C)cc4)cnn32)cc1. The molecule has 0 aliphatic carbocycles. The lowest BCUT2D eigenvalue weighted by Gasteiger charge is -2.31. The summed E-state index contributed by atoms with van der Waals surface area (Å²) < 4.78 is 7.12. The molecule has 8 nitrogen and oxygen atoms in total. The second-order valence-corrected chi connectivity index (χ2v) is 9.61. The van der Waals surface area contributed by atoms with Crippen LogP contribution in [-0.4, -0.2) is 34.4 Å². The maximum Gasteiger partial charge on any atom is 0.261 e. The molecule has 8 heteroatoms. The molecule has 2 amide bonds. The minimum atomic E-state index is -0.664. The van der Waals surface area contributed by atoms with Crippen LogP contribution in [0.15, 0.2) is 84.0 Å². The monoisotopic (exact) mass is 521 g/mol. The number of hydrogen-bond donors (Lipinski definition) is 2. The van der Waals surface area contributed by atoms with Gasteiger partial charge in [-0.05, 0) is 55.7 Å². The Morgan fingerprint density at radius 2 is 1.67 bits per heavy atom. The summed E-state index contributed by atoms with van der Waals surface area (Å²) in [4.78, 5) is 31.8. The molecule has 0 saturated heterocycles. The highest BCUT2D eigenvalue weighted by molar-refractivity contribution is 6.13. The summed E-state index contributed by atoms with van der Waals surface area (Å²) in [7, 11) is 1.57. The number of aliphatic imine (C=N–C) groups is 1. The summed E-state index contributed by atoms with van der Waals surface area (Å²) in [5, 5.41) is 10.5. The third-order valence-corrected chi connectivity index (χ3v) is 7.01. The quantitative estimate of drug-likeness (QED) is 0.313. The van der Waals surface area contributed by atoms with E-state index >= 15 is 0 Å². The summed E-state index contributed by atoms with van der Waals surface area (Å²) >= 11 is 0. The van der Waals surface area contributed by atoms with Crippen molar-refractivity contribution in [3.05, 3.63) is 101 Å². The third kappa shape index (κ3) is 5.18. The molecule has 1 aromatic heterocycles. The number of methoxy groups -OCH3 is 1. The highest BCUT2D eigenvalue weighted by Crippen LogP contribution is 2.39. The van der Waals surface area contributed by atoms with E-state index in [1.54, 1.807) is 23.9 Å². The summed E-state index contributed by atoms with van der Waals surface area (Å²) in [6, 6.07) is 22.5. The van der Waals surface area contributed by atoms with E-state index in [1.807, 2.05) is 62.4 Å². The highest BCUT2D eigenvalue weighted by Gasteiger charge is 2.40. The number of hydrogen-bond acceptors (Lipinski definition) is 5. The molecule has 2 unspecified atom stereocenters. The molecule has 2 heterocycles. The Kier molecular flexibility index (Phi) is 7.27. The number of para-hydroxylation sites is 2. The first kappa shape index (κ1) is 25.9. The van der Waals surface area contributed by atoms with Crippen molar-refractivity contribution in [3.63, 3.8) is 0 Å². The zero-order valence-electron chi connectivity index (χ0n) is 22.4. The molecule has 1 aliphatic heterocycles. The van der Waals surface area contributed by atoms with Crippen LogP contribution in [-0.2, 0) is 11.2 Å². The average molecular weight is 522 g/mol. The smallest absolute Gasteiger partial charge is 0.261 e. The summed E-state index contributed by atoms with van der Waals surface area (Å²) in [5.41, 5.74) is 5.37. The molecular weight excluding hydrogens is 490 g/mol. The van der Waals surface area contributed by atoms with Crippen molar-refractivity contribution in [1.29, 1.82) is 0 Å². The van der Waals surface area contributed by atoms with Gasteiger partial charge < -0.3 is 15.4 Å². The first-order valence-electron chi connectivity index (χ1n) is 12.9. The van der Waals surface area contributed by atoms with Crippen molar-refractivity contribution in [2.75, 3.05) is 17.7 Å². The number of rotatable bonds is 7. The van der Waals surface area contributed by atoms with Crippen LogP contribution in [0.3, 0.4) is 0 Å². The van der Waals surface area contributed by atoms with E-state index in [4.69, 9.17) is 9.73 Å². The Morgan fingerprint density at radius 3 is 2.36 bits per heavy atom. The molecule has 198 valence electrons. The number of carbonyl (C=O) groups is 2. The second kappa shape index (κ2) is 10.9. The Labute approximate surface area is 227 Å². The van der Waals surface area contributed by atoms with E-state index in [0.29, 0.717) is 34.2 Å². The van der Waals surface area contributed by atoms with E-state index in [1.165, 1.54) is 11.8 Å². The predicted octanol–water partition coefficient (Wildman–Crippen LogP) is 5.97. The zero-order valence-corrected chi connectivity index (χ0v) is 22.4. The molecule has 4 aromatic rings. The van der Waals surface area contributed by atoms with Gasteiger partial charge in [-0.3, -0.25) is 9.59 Å². The van der Waals surface area contributed by atoms with Gasteiger partial charge in [0, 0.05) is 11.4 Å². The standard InChI is InChI=1S/C31H31N5O3/c1-5-21-12-14-22(15-13-21)28-27(31(38)35-25-8-6-7-9-26(25)39-4)20(3)33-29-24(18-32-36(28)29)30(37)34-23-16-10-19(2)11-17-23/h6-18,27-28H,5H2,1-4H3,(H,34,37)(H,35,38). The zero-order chi connectivity index (χ0) is 27.5. The van der Waals surface area contributed by atoms with Gasteiger partial charge in [0.2, 0.25) is 5.91 Å². The van der Waals surface area contributed by atoms with Gasteiger partial charge in [0.15, 0.2) is 5.82 Å². The molecule has 0 bridgehead atoms. The molecular formula is C31H31N5O3.